The summed E-state index contributed by atoms with van der Waals surface area (Å²) in [4.78, 5) is 19.7. The maximum Gasteiger partial charge on any atom is 0.279 e. The molecule has 3 rings (SSSR count). The molecule has 2 aromatic heterocycles. The highest BCUT2D eigenvalue weighted by molar-refractivity contribution is 5.77. The topological polar surface area (TPSA) is 56.0 Å². The number of aromatic nitrogens is 4. The zero-order valence-corrected chi connectivity index (χ0v) is 12.7. The number of nitrogens with zero attached hydrogens (tertiary/aromatic N) is 5. The molecule has 0 fully saturated rings. The van der Waals surface area contributed by atoms with Crippen LogP contribution >= 0.6 is 0 Å². The Morgan fingerprint density at radius 1 is 1.25 bits per heavy atom. The van der Waals surface area contributed by atoms with Crippen LogP contribution < -0.4 is 5.56 Å². The quantitative estimate of drug-likeness (QED) is 0.786. The van der Waals surface area contributed by atoms with Crippen molar-refractivity contribution >= 4 is 11.0 Å². The summed E-state index contributed by atoms with van der Waals surface area (Å²) in [5.74, 6) is 1.11. The molecule has 0 radical (unpaired) electrons. The fraction of sp³-hybridized carbons (Fsp3) is 0.643. The molecule has 6 heteroatoms. The Bertz CT molecular complexity index is 727. The molecule has 0 saturated carbocycles. The van der Waals surface area contributed by atoms with E-state index < -0.39 is 0 Å². The molecule has 0 N–H and O–H groups in total. The summed E-state index contributed by atoms with van der Waals surface area (Å²) in [5, 5.41) is 4.49. The standard InChI is InChI=1S/C14H21N5O/c1-8(2)10-11-12(18(5)16-10)14(20)19-7-6-17(4)9(3)13(19)15-11/h8-9H,6-7H2,1-5H3. The molecular weight excluding hydrogens is 254 g/mol. The largest absolute Gasteiger partial charge is 0.295 e. The third-order valence-electron chi connectivity index (χ3n) is 4.26. The summed E-state index contributed by atoms with van der Waals surface area (Å²) in [6.07, 6.45) is 0. The Labute approximate surface area is 118 Å². The van der Waals surface area contributed by atoms with E-state index in [-0.39, 0.29) is 17.5 Å². The second-order valence-electron chi connectivity index (χ2n) is 5.94. The van der Waals surface area contributed by atoms with Gasteiger partial charge >= 0.3 is 0 Å². The molecule has 1 aliphatic rings. The molecule has 0 saturated heterocycles. The minimum atomic E-state index is 0.0341. The lowest BCUT2D eigenvalue weighted by molar-refractivity contribution is 0.201. The smallest absolute Gasteiger partial charge is 0.279 e. The molecule has 0 bridgehead atoms. The average molecular weight is 275 g/mol. The first-order valence-corrected chi connectivity index (χ1v) is 7.09. The van der Waals surface area contributed by atoms with Crippen molar-refractivity contribution in [2.75, 3.05) is 13.6 Å². The van der Waals surface area contributed by atoms with E-state index in [1.54, 1.807) is 9.25 Å². The van der Waals surface area contributed by atoms with Crippen LogP contribution in [-0.2, 0) is 13.6 Å². The number of fused-ring (bicyclic) bond motifs is 2. The lowest BCUT2D eigenvalue weighted by Gasteiger charge is -2.31. The normalized spacial score (nSPS) is 19.8. The number of aryl methyl sites for hydroxylation is 1. The van der Waals surface area contributed by atoms with Gasteiger partial charge in [-0.1, -0.05) is 13.8 Å². The number of hydrogen-bond donors (Lipinski definition) is 0. The lowest BCUT2D eigenvalue weighted by Crippen LogP contribution is -2.40. The van der Waals surface area contributed by atoms with Gasteiger partial charge in [-0.25, -0.2) is 4.98 Å². The van der Waals surface area contributed by atoms with E-state index in [1.807, 2.05) is 7.05 Å². The maximum absolute atomic E-state index is 12.7. The van der Waals surface area contributed by atoms with Gasteiger partial charge in [0, 0.05) is 20.1 Å². The van der Waals surface area contributed by atoms with E-state index in [1.165, 1.54) is 0 Å². The van der Waals surface area contributed by atoms with Crippen LogP contribution in [0.4, 0.5) is 0 Å². The van der Waals surface area contributed by atoms with E-state index in [2.05, 4.69) is 37.8 Å². The van der Waals surface area contributed by atoms with Crippen LogP contribution in [0.5, 0.6) is 0 Å². The van der Waals surface area contributed by atoms with Gasteiger partial charge < -0.3 is 0 Å². The summed E-state index contributed by atoms with van der Waals surface area (Å²) < 4.78 is 3.48. The van der Waals surface area contributed by atoms with Gasteiger partial charge in [-0.3, -0.25) is 18.9 Å². The Balaban J connectivity index is 2.38. The van der Waals surface area contributed by atoms with Gasteiger partial charge in [0.25, 0.3) is 5.56 Å². The average Bonchev–Trinajstić information content (AvgIpc) is 2.72. The van der Waals surface area contributed by atoms with Crippen LogP contribution in [0.1, 0.15) is 44.2 Å². The van der Waals surface area contributed by atoms with Gasteiger partial charge in [-0.05, 0) is 19.9 Å². The summed E-state index contributed by atoms with van der Waals surface area (Å²) in [7, 11) is 3.89. The van der Waals surface area contributed by atoms with Crippen molar-refractivity contribution in [1.82, 2.24) is 24.2 Å². The molecule has 1 unspecified atom stereocenters. The fourth-order valence-electron chi connectivity index (χ4n) is 2.86. The third kappa shape index (κ3) is 1.71. The maximum atomic E-state index is 12.7. The lowest BCUT2D eigenvalue weighted by atomic mass is 10.1. The monoisotopic (exact) mass is 275 g/mol. The van der Waals surface area contributed by atoms with Crippen LogP contribution in [0.15, 0.2) is 4.79 Å². The van der Waals surface area contributed by atoms with Crippen molar-refractivity contribution in [2.24, 2.45) is 7.05 Å². The summed E-state index contributed by atoms with van der Waals surface area (Å²) in [6, 6.07) is 0.154. The Hall–Kier alpha value is -1.69. The van der Waals surface area contributed by atoms with Gasteiger partial charge in [0.15, 0.2) is 5.52 Å². The van der Waals surface area contributed by atoms with Gasteiger partial charge in [-0.2, -0.15) is 5.10 Å². The molecule has 20 heavy (non-hydrogen) atoms. The number of likely N-dealkylation sites (N-methyl/N-ethyl adjacent to an activating group) is 1. The molecule has 2 aromatic rings. The van der Waals surface area contributed by atoms with Gasteiger partial charge in [0.2, 0.25) is 0 Å². The SMILES string of the molecule is CC(C)c1nn(C)c2c(=O)n3c(nc12)C(C)N(C)CC3. The van der Waals surface area contributed by atoms with Gasteiger partial charge in [-0.15, -0.1) is 0 Å². The van der Waals surface area contributed by atoms with Crippen molar-refractivity contribution in [3.05, 3.63) is 21.9 Å². The highest BCUT2D eigenvalue weighted by Gasteiger charge is 2.27. The molecule has 1 atom stereocenters. The summed E-state index contributed by atoms with van der Waals surface area (Å²) in [5.41, 5.74) is 2.32. The van der Waals surface area contributed by atoms with Crippen molar-refractivity contribution < 1.29 is 0 Å². The third-order valence-corrected chi connectivity index (χ3v) is 4.26. The molecule has 3 heterocycles. The first kappa shape index (κ1) is 13.3. The fourth-order valence-corrected chi connectivity index (χ4v) is 2.86. The molecule has 0 amide bonds. The second-order valence-corrected chi connectivity index (χ2v) is 5.94. The Morgan fingerprint density at radius 3 is 2.60 bits per heavy atom. The molecule has 108 valence electrons. The van der Waals surface area contributed by atoms with Crippen LogP contribution in [-0.4, -0.2) is 37.8 Å². The van der Waals surface area contributed by atoms with Crippen LogP contribution in [0.25, 0.3) is 11.0 Å². The molecular formula is C14H21N5O. The predicted molar refractivity (Wildman–Crippen MR) is 77.9 cm³/mol. The van der Waals surface area contributed by atoms with Crippen LogP contribution in [0, 0.1) is 0 Å². The van der Waals surface area contributed by atoms with Crippen LogP contribution in [0.2, 0.25) is 0 Å². The van der Waals surface area contributed by atoms with Crippen molar-refractivity contribution in [2.45, 2.75) is 39.3 Å². The number of hydrogen-bond acceptors (Lipinski definition) is 4. The number of rotatable bonds is 1. The van der Waals surface area contributed by atoms with E-state index in [0.29, 0.717) is 12.1 Å². The molecule has 0 aromatic carbocycles. The van der Waals surface area contributed by atoms with E-state index in [0.717, 1.165) is 23.6 Å². The molecule has 0 spiro atoms. The highest BCUT2D eigenvalue weighted by Crippen LogP contribution is 2.25. The zero-order valence-electron chi connectivity index (χ0n) is 12.7. The Kier molecular flexibility index (Phi) is 2.93. The van der Waals surface area contributed by atoms with E-state index >= 15 is 0 Å². The van der Waals surface area contributed by atoms with Crippen molar-refractivity contribution in [3.8, 4) is 0 Å². The van der Waals surface area contributed by atoms with Crippen LogP contribution in [0.3, 0.4) is 0 Å². The molecule has 6 nitrogen and oxygen atoms in total. The molecule has 1 aliphatic heterocycles. The summed E-state index contributed by atoms with van der Waals surface area (Å²) >= 11 is 0. The van der Waals surface area contributed by atoms with E-state index in [9.17, 15) is 4.79 Å². The van der Waals surface area contributed by atoms with Gasteiger partial charge in [0.1, 0.15) is 11.3 Å². The van der Waals surface area contributed by atoms with Gasteiger partial charge in [0.05, 0.1) is 11.7 Å². The zero-order chi connectivity index (χ0) is 14.6. The van der Waals surface area contributed by atoms with E-state index in [4.69, 9.17) is 4.98 Å². The van der Waals surface area contributed by atoms with Crippen molar-refractivity contribution in [1.29, 1.82) is 0 Å². The first-order valence-electron chi connectivity index (χ1n) is 7.09. The van der Waals surface area contributed by atoms with Crippen molar-refractivity contribution in [3.63, 3.8) is 0 Å². The Morgan fingerprint density at radius 2 is 1.95 bits per heavy atom. The minimum Gasteiger partial charge on any atom is -0.295 e. The highest BCUT2D eigenvalue weighted by atomic mass is 16.1. The second kappa shape index (κ2) is 4.41. The molecule has 0 aliphatic carbocycles. The minimum absolute atomic E-state index is 0.0341. The first-order chi connectivity index (χ1) is 9.41. The summed E-state index contributed by atoms with van der Waals surface area (Å²) in [6.45, 7) is 7.82. The predicted octanol–water partition coefficient (Wildman–Crippen LogP) is 1.26.